The zero-order valence-corrected chi connectivity index (χ0v) is 10.6. The van der Waals surface area contributed by atoms with Gasteiger partial charge in [-0.3, -0.25) is 4.79 Å². The molecule has 1 fully saturated rings. The van der Waals surface area contributed by atoms with Crippen LogP contribution in [0.25, 0.3) is 0 Å². The van der Waals surface area contributed by atoms with Crippen molar-refractivity contribution in [3.8, 4) is 0 Å². The Morgan fingerprint density at radius 1 is 1.59 bits per heavy atom. The number of oxazole rings is 1. The molecule has 1 saturated heterocycles. The Labute approximate surface area is 102 Å². The van der Waals surface area contributed by atoms with E-state index in [4.69, 9.17) is 4.42 Å². The molecule has 0 aliphatic carbocycles. The number of piperidine rings is 1. The average molecular weight is 236 g/mol. The van der Waals surface area contributed by atoms with Gasteiger partial charge in [-0.25, -0.2) is 4.98 Å². The summed E-state index contributed by atoms with van der Waals surface area (Å²) >= 11 is 0. The van der Waals surface area contributed by atoms with Crippen LogP contribution in [-0.4, -0.2) is 34.8 Å². The molecule has 1 aromatic heterocycles. The number of carbonyl (C=O) groups is 1. The molecular weight excluding hydrogens is 216 g/mol. The van der Waals surface area contributed by atoms with Crippen molar-refractivity contribution < 1.29 is 9.21 Å². The van der Waals surface area contributed by atoms with Crippen molar-refractivity contribution in [2.75, 3.05) is 13.1 Å². The Hall–Kier alpha value is -1.16. The van der Waals surface area contributed by atoms with Crippen molar-refractivity contribution in [1.29, 1.82) is 0 Å². The molecule has 2 heterocycles. The lowest BCUT2D eigenvalue weighted by molar-refractivity contribution is 0.0982. The summed E-state index contributed by atoms with van der Waals surface area (Å²) < 4.78 is 5.45. The first-order valence-corrected chi connectivity index (χ1v) is 6.40. The summed E-state index contributed by atoms with van der Waals surface area (Å²) in [5.41, 5.74) is 0. The lowest BCUT2D eigenvalue weighted by Gasteiger charge is -2.34. The summed E-state index contributed by atoms with van der Waals surface area (Å²) in [4.78, 5) is 17.8. The third kappa shape index (κ3) is 2.94. The molecule has 4 heteroatoms. The SMILES string of the molecule is CCN1CCCCC1Cc1ncc(C(C)=O)o1. The highest BCUT2D eigenvalue weighted by molar-refractivity contribution is 5.90. The quantitative estimate of drug-likeness (QED) is 0.752. The standard InChI is InChI=1S/C13H20N2O2/c1-3-15-7-5-4-6-11(15)8-13-14-9-12(17-13)10(2)16/h9,11H,3-8H2,1-2H3. The fraction of sp³-hybridized carbons (Fsp3) is 0.692. The van der Waals surface area contributed by atoms with Crippen LogP contribution in [0.1, 0.15) is 49.6 Å². The maximum absolute atomic E-state index is 11.1. The number of nitrogens with zero attached hydrogens (tertiary/aromatic N) is 2. The molecule has 94 valence electrons. The summed E-state index contributed by atoms with van der Waals surface area (Å²) in [5.74, 6) is 1.01. The second-order valence-corrected chi connectivity index (χ2v) is 4.66. The van der Waals surface area contributed by atoms with Gasteiger partial charge >= 0.3 is 0 Å². The number of hydrogen-bond donors (Lipinski definition) is 0. The molecule has 1 unspecified atom stereocenters. The second-order valence-electron chi connectivity index (χ2n) is 4.66. The predicted octanol–water partition coefficient (Wildman–Crippen LogP) is 2.29. The van der Waals surface area contributed by atoms with Crippen LogP contribution in [0, 0.1) is 0 Å². The minimum absolute atomic E-state index is 0.0558. The van der Waals surface area contributed by atoms with Gasteiger partial charge < -0.3 is 9.32 Å². The molecule has 2 rings (SSSR count). The highest BCUT2D eigenvalue weighted by atomic mass is 16.4. The predicted molar refractivity (Wildman–Crippen MR) is 65.1 cm³/mol. The molecule has 0 bridgehead atoms. The summed E-state index contributed by atoms with van der Waals surface area (Å²) in [5, 5.41) is 0. The van der Waals surface area contributed by atoms with E-state index < -0.39 is 0 Å². The van der Waals surface area contributed by atoms with E-state index in [0.29, 0.717) is 17.7 Å². The van der Waals surface area contributed by atoms with E-state index in [9.17, 15) is 4.79 Å². The van der Waals surface area contributed by atoms with Crippen molar-refractivity contribution in [3.63, 3.8) is 0 Å². The highest BCUT2D eigenvalue weighted by Gasteiger charge is 2.23. The maximum atomic E-state index is 11.1. The van der Waals surface area contributed by atoms with E-state index in [1.165, 1.54) is 38.9 Å². The molecule has 1 aromatic rings. The molecule has 0 spiro atoms. The number of likely N-dealkylation sites (tertiary alicyclic amines) is 1. The van der Waals surface area contributed by atoms with Crippen LogP contribution in [-0.2, 0) is 6.42 Å². The minimum atomic E-state index is -0.0558. The third-order valence-electron chi connectivity index (χ3n) is 3.47. The van der Waals surface area contributed by atoms with Gasteiger partial charge in [-0.1, -0.05) is 13.3 Å². The Morgan fingerprint density at radius 2 is 2.41 bits per heavy atom. The van der Waals surface area contributed by atoms with Crippen molar-refractivity contribution in [2.24, 2.45) is 0 Å². The molecule has 0 N–H and O–H groups in total. The number of ketones is 1. The van der Waals surface area contributed by atoms with Gasteiger partial charge in [-0.15, -0.1) is 0 Å². The van der Waals surface area contributed by atoms with Crippen LogP contribution in [0.5, 0.6) is 0 Å². The average Bonchev–Trinajstić information content (AvgIpc) is 2.78. The number of Topliss-reactive ketones (excluding diaryl/α,β-unsaturated/α-hetero) is 1. The molecule has 0 radical (unpaired) electrons. The Morgan fingerprint density at radius 3 is 3.06 bits per heavy atom. The summed E-state index contributed by atoms with van der Waals surface area (Å²) in [7, 11) is 0. The first kappa shape index (κ1) is 12.3. The monoisotopic (exact) mass is 236 g/mol. The number of likely N-dealkylation sites (N-methyl/N-ethyl adjacent to an activating group) is 1. The number of aromatic nitrogens is 1. The molecular formula is C13H20N2O2. The molecule has 4 nitrogen and oxygen atoms in total. The number of hydrogen-bond acceptors (Lipinski definition) is 4. The van der Waals surface area contributed by atoms with E-state index in [2.05, 4.69) is 16.8 Å². The van der Waals surface area contributed by atoms with Crippen LogP contribution in [0.2, 0.25) is 0 Å². The highest BCUT2D eigenvalue weighted by Crippen LogP contribution is 2.20. The van der Waals surface area contributed by atoms with E-state index in [1.807, 2.05) is 0 Å². The first-order chi connectivity index (χ1) is 8.20. The van der Waals surface area contributed by atoms with Crippen molar-refractivity contribution in [3.05, 3.63) is 17.8 Å². The maximum Gasteiger partial charge on any atom is 0.196 e. The number of carbonyl (C=O) groups excluding carboxylic acids is 1. The molecule has 1 aliphatic rings. The van der Waals surface area contributed by atoms with Crippen LogP contribution in [0.4, 0.5) is 0 Å². The fourth-order valence-electron chi connectivity index (χ4n) is 2.48. The van der Waals surface area contributed by atoms with Crippen molar-refractivity contribution in [2.45, 2.75) is 45.6 Å². The van der Waals surface area contributed by atoms with Crippen LogP contribution < -0.4 is 0 Å². The smallest absolute Gasteiger partial charge is 0.196 e. The lowest BCUT2D eigenvalue weighted by Crippen LogP contribution is -2.40. The van der Waals surface area contributed by atoms with Gasteiger partial charge in [0.05, 0.1) is 6.20 Å². The van der Waals surface area contributed by atoms with Crippen molar-refractivity contribution >= 4 is 5.78 Å². The zero-order chi connectivity index (χ0) is 12.3. The summed E-state index contributed by atoms with van der Waals surface area (Å²) in [6, 6.07) is 0.521. The molecule has 1 aliphatic heterocycles. The molecule has 0 amide bonds. The van der Waals surface area contributed by atoms with E-state index >= 15 is 0 Å². The largest absolute Gasteiger partial charge is 0.438 e. The zero-order valence-electron chi connectivity index (χ0n) is 10.6. The van der Waals surface area contributed by atoms with Gasteiger partial charge in [-0.2, -0.15) is 0 Å². The molecule has 0 aromatic carbocycles. The lowest BCUT2D eigenvalue weighted by atomic mass is 9.99. The Kier molecular flexibility index (Phi) is 3.94. The second kappa shape index (κ2) is 5.45. The Bertz CT molecular complexity index is 387. The van der Waals surface area contributed by atoms with Crippen molar-refractivity contribution in [1.82, 2.24) is 9.88 Å². The van der Waals surface area contributed by atoms with Gasteiger partial charge in [0, 0.05) is 19.4 Å². The van der Waals surface area contributed by atoms with Gasteiger partial charge in [-0.05, 0) is 25.9 Å². The molecule has 1 atom stereocenters. The topological polar surface area (TPSA) is 46.3 Å². The third-order valence-corrected chi connectivity index (χ3v) is 3.47. The van der Waals surface area contributed by atoms with E-state index in [0.717, 1.165) is 13.0 Å². The first-order valence-electron chi connectivity index (χ1n) is 6.40. The van der Waals surface area contributed by atoms with Gasteiger partial charge in [0.2, 0.25) is 0 Å². The summed E-state index contributed by atoms with van der Waals surface area (Å²) in [6.07, 6.45) is 6.12. The molecule has 17 heavy (non-hydrogen) atoms. The number of rotatable bonds is 4. The van der Waals surface area contributed by atoms with E-state index in [1.54, 1.807) is 0 Å². The van der Waals surface area contributed by atoms with Crippen LogP contribution in [0.15, 0.2) is 10.6 Å². The van der Waals surface area contributed by atoms with Gasteiger partial charge in [0.1, 0.15) is 0 Å². The Balaban J connectivity index is 2.00. The van der Waals surface area contributed by atoms with Gasteiger partial charge in [0.15, 0.2) is 17.4 Å². The summed E-state index contributed by atoms with van der Waals surface area (Å²) in [6.45, 7) is 5.94. The fourth-order valence-corrected chi connectivity index (χ4v) is 2.48. The molecule has 0 saturated carbocycles. The minimum Gasteiger partial charge on any atom is -0.438 e. The normalized spacial score (nSPS) is 21.6. The van der Waals surface area contributed by atoms with E-state index in [-0.39, 0.29) is 5.78 Å². The van der Waals surface area contributed by atoms with Gasteiger partial charge in [0.25, 0.3) is 0 Å². The van der Waals surface area contributed by atoms with Crippen LogP contribution in [0.3, 0.4) is 0 Å². The van der Waals surface area contributed by atoms with Crippen LogP contribution >= 0.6 is 0 Å².